The first-order chi connectivity index (χ1) is 14.2. The van der Waals surface area contributed by atoms with Crippen LogP contribution in [0.5, 0.6) is 0 Å². The molecule has 1 aliphatic rings. The first kappa shape index (κ1) is 22.8. The van der Waals surface area contributed by atoms with Gasteiger partial charge in [0.05, 0.1) is 22.5 Å². The highest BCUT2D eigenvalue weighted by molar-refractivity contribution is 9.10. The highest BCUT2D eigenvalue weighted by Crippen LogP contribution is 2.42. The van der Waals surface area contributed by atoms with Crippen molar-refractivity contribution in [3.05, 3.63) is 51.5 Å². The summed E-state index contributed by atoms with van der Waals surface area (Å²) in [6.45, 7) is 3.51. The van der Waals surface area contributed by atoms with Crippen LogP contribution < -0.4 is 9.62 Å². The summed E-state index contributed by atoms with van der Waals surface area (Å²) >= 11 is 4.22. The summed E-state index contributed by atoms with van der Waals surface area (Å²) in [6.07, 6.45) is -0.718. The van der Waals surface area contributed by atoms with E-state index in [2.05, 4.69) is 25.6 Å². The van der Waals surface area contributed by atoms with Crippen LogP contribution >= 0.6 is 27.9 Å². The van der Waals surface area contributed by atoms with Crippen LogP contribution in [0, 0.1) is 0 Å². The maximum Gasteiger partial charge on any atom is 0.417 e. The number of hydrogen-bond donors (Lipinski definition) is 2. The number of nitrogens with zero attached hydrogens (tertiary/aromatic N) is 1. The molecule has 2 aromatic rings. The van der Waals surface area contributed by atoms with Gasteiger partial charge >= 0.3 is 12.1 Å². The lowest BCUT2D eigenvalue weighted by Gasteiger charge is -2.31. The number of carbonyl (C=O) groups is 1. The molecule has 1 fully saturated rings. The predicted octanol–water partition coefficient (Wildman–Crippen LogP) is 6.84. The molecule has 30 heavy (non-hydrogen) atoms. The predicted molar refractivity (Wildman–Crippen MR) is 117 cm³/mol. The number of benzene rings is 2. The van der Waals surface area contributed by atoms with E-state index in [4.69, 9.17) is 0 Å². The lowest BCUT2D eigenvalue weighted by atomic mass is 10.1. The Bertz CT molecular complexity index is 931. The molecule has 162 valence electrons. The van der Waals surface area contributed by atoms with Crippen molar-refractivity contribution in [3.63, 3.8) is 0 Å². The molecule has 0 bridgehead atoms. The molecule has 1 heterocycles. The second-order valence-corrected chi connectivity index (χ2v) is 8.78. The lowest BCUT2D eigenvalue weighted by Crippen LogP contribution is -2.30. The average molecular weight is 503 g/mol. The molecule has 2 N–H and O–H groups in total. The molecule has 0 atom stereocenters. The molecule has 3 rings (SSSR count). The van der Waals surface area contributed by atoms with Crippen molar-refractivity contribution >= 4 is 45.2 Å². The monoisotopic (exact) mass is 502 g/mol. The summed E-state index contributed by atoms with van der Waals surface area (Å²) < 4.78 is 43.5. The van der Waals surface area contributed by atoms with Crippen LogP contribution in [0.4, 0.5) is 24.5 Å². The van der Waals surface area contributed by atoms with Crippen molar-refractivity contribution in [2.45, 2.75) is 43.7 Å². The molecule has 1 saturated heterocycles. The summed E-state index contributed by atoms with van der Waals surface area (Å²) in [5.74, 6) is -1.04. The van der Waals surface area contributed by atoms with Crippen LogP contribution in [0.3, 0.4) is 0 Å². The zero-order valence-corrected chi connectivity index (χ0v) is 18.8. The molecule has 1 aliphatic heterocycles. The van der Waals surface area contributed by atoms with Crippen LogP contribution in [0.25, 0.3) is 0 Å². The van der Waals surface area contributed by atoms with E-state index < -0.39 is 17.7 Å². The van der Waals surface area contributed by atoms with Crippen LogP contribution in [0.1, 0.15) is 47.7 Å². The van der Waals surface area contributed by atoms with E-state index in [9.17, 15) is 23.1 Å². The maximum atomic E-state index is 13.5. The highest BCUT2D eigenvalue weighted by atomic mass is 79.9. The Morgan fingerprint density at radius 3 is 2.50 bits per heavy atom. The first-order valence-corrected chi connectivity index (χ1v) is 11.3. The van der Waals surface area contributed by atoms with Gasteiger partial charge in [-0.05, 0) is 67.5 Å². The summed E-state index contributed by atoms with van der Waals surface area (Å²) in [5.41, 5.74) is 1.38. The fourth-order valence-corrected chi connectivity index (χ4v) is 4.91. The Hall–Kier alpha value is -1.87. The number of aryl methyl sites for hydroxylation is 1. The van der Waals surface area contributed by atoms with E-state index in [1.165, 1.54) is 12.1 Å². The molecule has 0 amide bonds. The van der Waals surface area contributed by atoms with Gasteiger partial charge in [0.15, 0.2) is 0 Å². The Balaban J connectivity index is 1.97. The maximum absolute atomic E-state index is 13.5. The van der Waals surface area contributed by atoms with E-state index in [-0.39, 0.29) is 10.0 Å². The standard InChI is InChI=1S/C21H22BrF3N2O2S/c1-2-13-6-7-14(20(28)29)10-19(13)30-26-17-11-15(21(23,24)25)16(22)12-18(17)27-8-4-3-5-9-27/h6-7,10-12,26H,2-5,8-9H2,1H3,(H,28,29). The topological polar surface area (TPSA) is 52.6 Å². The number of carboxylic acid groups (broad SMARTS) is 1. The summed E-state index contributed by atoms with van der Waals surface area (Å²) in [4.78, 5) is 14.1. The van der Waals surface area contributed by atoms with Gasteiger partial charge in [0.2, 0.25) is 0 Å². The van der Waals surface area contributed by atoms with E-state index in [1.54, 1.807) is 12.1 Å². The molecule has 9 heteroatoms. The zero-order chi connectivity index (χ0) is 21.9. The van der Waals surface area contributed by atoms with Gasteiger partial charge in [-0.3, -0.25) is 0 Å². The quantitative estimate of drug-likeness (QED) is 0.423. The van der Waals surface area contributed by atoms with Gasteiger partial charge in [-0.1, -0.05) is 28.9 Å². The number of halogens is 4. The number of aromatic carboxylic acids is 1. The third-order valence-corrected chi connectivity index (χ3v) is 6.63. The van der Waals surface area contributed by atoms with E-state index in [1.807, 2.05) is 6.92 Å². The number of nitrogens with one attached hydrogen (secondary N) is 1. The minimum atomic E-state index is -4.49. The van der Waals surface area contributed by atoms with Crippen LogP contribution in [0.2, 0.25) is 0 Å². The largest absolute Gasteiger partial charge is 0.478 e. The summed E-state index contributed by atoms with van der Waals surface area (Å²) in [7, 11) is 0. The zero-order valence-electron chi connectivity index (χ0n) is 16.4. The number of carboxylic acids is 1. The second-order valence-electron chi connectivity index (χ2n) is 7.08. The SMILES string of the molecule is CCc1ccc(C(=O)O)cc1SNc1cc(C(F)(F)F)c(Br)cc1N1CCCCC1. The van der Waals surface area contributed by atoms with Gasteiger partial charge in [-0.25, -0.2) is 4.79 Å². The number of rotatable bonds is 6. The van der Waals surface area contributed by atoms with Crippen molar-refractivity contribution in [3.8, 4) is 0 Å². The molecule has 2 aromatic carbocycles. The van der Waals surface area contributed by atoms with Gasteiger partial charge < -0.3 is 14.7 Å². The van der Waals surface area contributed by atoms with E-state index >= 15 is 0 Å². The molecule has 0 unspecified atom stereocenters. The molecule has 0 spiro atoms. The normalized spacial score (nSPS) is 14.6. The summed E-state index contributed by atoms with van der Waals surface area (Å²) in [6, 6.07) is 7.45. The van der Waals surface area contributed by atoms with Gasteiger partial charge in [-0.15, -0.1) is 0 Å². The van der Waals surface area contributed by atoms with Crippen LogP contribution in [-0.2, 0) is 12.6 Å². The highest BCUT2D eigenvalue weighted by Gasteiger charge is 2.34. The fourth-order valence-electron chi connectivity index (χ4n) is 3.44. The molecule has 0 saturated carbocycles. The van der Waals surface area contributed by atoms with Crippen molar-refractivity contribution in [2.75, 3.05) is 22.7 Å². The molecule has 0 aliphatic carbocycles. The van der Waals surface area contributed by atoms with Gasteiger partial charge in [0.1, 0.15) is 0 Å². The Morgan fingerprint density at radius 1 is 1.20 bits per heavy atom. The van der Waals surface area contributed by atoms with Gasteiger partial charge in [-0.2, -0.15) is 13.2 Å². The van der Waals surface area contributed by atoms with Crippen molar-refractivity contribution in [1.29, 1.82) is 0 Å². The molecular formula is C21H22BrF3N2O2S. The van der Waals surface area contributed by atoms with E-state index in [0.717, 1.165) is 55.9 Å². The van der Waals surface area contributed by atoms with Gasteiger partial charge in [0, 0.05) is 22.5 Å². The minimum absolute atomic E-state index is 0.00763. The van der Waals surface area contributed by atoms with Crippen molar-refractivity contribution < 1.29 is 23.1 Å². The number of hydrogen-bond acceptors (Lipinski definition) is 4. The average Bonchev–Trinajstić information content (AvgIpc) is 2.72. The van der Waals surface area contributed by atoms with Crippen molar-refractivity contribution in [1.82, 2.24) is 0 Å². The summed E-state index contributed by atoms with van der Waals surface area (Å²) in [5, 5.41) is 9.26. The van der Waals surface area contributed by atoms with Crippen LogP contribution in [-0.4, -0.2) is 24.2 Å². The van der Waals surface area contributed by atoms with Gasteiger partial charge in [0.25, 0.3) is 0 Å². The van der Waals surface area contributed by atoms with E-state index in [0.29, 0.717) is 22.7 Å². The molecule has 4 nitrogen and oxygen atoms in total. The second kappa shape index (κ2) is 9.51. The van der Waals surface area contributed by atoms with Crippen LogP contribution in [0.15, 0.2) is 39.7 Å². The molecule has 0 aromatic heterocycles. The molecule has 0 radical (unpaired) electrons. The molecular weight excluding hydrogens is 481 g/mol. The number of anilines is 2. The smallest absolute Gasteiger partial charge is 0.417 e. The number of alkyl halides is 3. The number of piperidine rings is 1. The third-order valence-electron chi connectivity index (χ3n) is 5.05. The third kappa shape index (κ3) is 5.24. The lowest BCUT2D eigenvalue weighted by molar-refractivity contribution is -0.138. The van der Waals surface area contributed by atoms with Crippen molar-refractivity contribution in [2.24, 2.45) is 0 Å². The first-order valence-electron chi connectivity index (χ1n) is 9.65. The Kier molecular flexibility index (Phi) is 7.23. The Labute approximate surface area is 186 Å². The fraction of sp³-hybridized carbons (Fsp3) is 0.381. The minimum Gasteiger partial charge on any atom is -0.478 e. The Morgan fingerprint density at radius 2 is 1.90 bits per heavy atom.